The summed E-state index contributed by atoms with van der Waals surface area (Å²) in [5.41, 5.74) is 18.2. The second kappa shape index (κ2) is 24.7. The lowest BCUT2D eigenvalue weighted by molar-refractivity contribution is 0.670. The summed E-state index contributed by atoms with van der Waals surface area (Å²) in [6.45, 7) is 0. The van der Waals surface area contributed by atoms with Gasteiger partial charge in [0.1, 0.15) is 22.3 Å². The van der Waals surface area contributed by atoms with Crippen LogP contribution in [-0.4, -0.2) is 29.9 Å². The zero-order valence-electron chi connectivity index (χ0n) is 53.5. The molecule has 14 aromatic carbocycles. The van der Waals surface area contributed by atoms with E-state index in [9.17, 15) is 0 Å². The first kappa shape index (κ1) is 58.5. The van der Waals surface area contributed by atoms with Crippen LogP contribution in [0.25, 0.3) is 197 Å². The van der Waals surface area contributed by atoms with Crippen molar-refractivity contribution in [1.29, 1.82) is 0 Å². The van der Waals surface area contributed by atoms with Gasteiger partial charge in [0.15, 0.2) is 34.9 Å². The summed E-state index contributed by atoms with van der Waals surface area (Å²) in [7, 11) is 0. The highest BCUT2D eigenvalue weighted by molar-refractivity contribution is 7.27. The van der Waals surface area contributed by atoms with Gasteiger partial charge in [-0.25, -0.2) is 29.9 Å². The SMILES string of the molecule is c1ccc(-c2nc(-c3ccccc3)nc(-c3cccc4c3oc3c(-c5cccc6c5sc5c(-c7ccccc7)cccc56)cccc34)n2)cc1.c1ccc(-c2nc(-c3ccccc3)nc(-c3cccc4c3sc3c(-c5cccc6c5oc5c(-c7ccccc7)cccc56)cccc34)n2)cc1. The van der Waals surface area contributed by atoms with Crippen molar-refractivity contribution in [3.8, 4) is 113 Å². The van der Waals surface area contributed by atoms with Crippen LogP contribution in [0.1, 0.15) is 0 Å². The summed E-state index contributed by atoms with van der Waals surface area (Å²) >= 11 is 3.63. The molecule has 20 aromatic rings. The fourth-order valence-electron chi connectivity index (χ4n) is 14.0. The number of aromatic nitrogens is 6. The third kappa shape index (κ3) is 10.2. The number of nitrogens with zero attached hydrogens (tertiary/aromatic N) is 6. The summed E-state index contributed by atoms with van der Waals surface area (Å²) in [5, 5.41) is 9.21. The van der Waals surface area contributed by atoms with Gasteiger partial charge >= 0.3 is 0 Å². The molecule has 20 rings (SSSR count). The van der Waals surface area contributed by atoms with Gasteiger partial charge in [-0.2, -0.15) is 0 Å². The summed E-state index contributed by atoms with van der Waals surface area (Å²) in [4.78, 5) is 30.0. The standard InChI is InChI=1S/2C45H27N3OS/c1-4-14-28(15-5-1)31-20-10-25-36-37-26-13-24-35(42(37)50-41(31)36)34-23-11-21-32-33-22-12-27-38(40(33)49-39(32)34)45-47-43(29-16-6-2-7-17-29)46-44(48-45)30-18-8-3-9-19-30;1-4-14-28(15-5-1)31-20-10-21-32-33-22-11-23-34(40(33)49-39(31)32)35-24-12-25-36-37-26-13-27-38(42(37)50-41(35)36)45-47-43(29-16-6-2-7-17-29)46-44(48-45)30-18-8-3-9-19-30/h2*1-27H. The van der Waals surface area contributed by atoms with Crippen LogP contribution in [0.4, 0.5) is 0 Å². The van der Waals surface area contributed by atoms with Crippen molar-refractivity contribution in [2.24, 2.45) is 0 Å². The summed E-state index contributed by atoms with van der Waals surface area (Å²) in [6.07, 6.45) is 0. The van der Waals surface area contributed by atoms with E-state index in [0.717, 1.165) is 115 Å². The molecule has 8 nitrogen and oxygen atoms in total. The van der Waals surface area contributed by atoms with Gasteiger partial charge < -0.3 is 8.83 Å². The van der Waals surface area contributed by atoms with Crippen LogP contribution in [0.3, 0.4) is 0 Å². The number of rotatable bonds is 10. The van der Waals surface area contributed by atoms with Crippen LogP contribution < -0.4 is 0 Å². The Morgan fingerprint density at radius 3 is 0.760 bits per heavy atom. The van der Waals surface area contributed by atoms with Gasteiger partial charge in [0, 0.05) is 118 Å². The van der Waals surface area contributed by atoms with E-state index in [1.54, 1.807) is 11.3 Å². The van der Waals surface area contributed by atoms with Crippen molar-refractivity contribution >= 4 is 107 Å². The van der Waals surface area contributed by atoms with Crippen LogP contribution in [0.15, 0.2) is 336 Å². The quantitative estimate of drug-likeness (QED) is 0.133. The van der Waals surface area contributed by atoms with Gasteiger partial charge in [0.05, 0.1) is 5.56 Å². The Morgan fingerprint density at radius 2 is 0.390 bits per heavy atom. The van der Waals surface area contributed by atoms with Crippen LogP contribution >= 0.6 is 22.7 Å². The number of benzene rings is 14. The smallest absolute Gasteiger partial charge is 0.167 e. The molecule has 10 heteroatoms. The molecule has 0 aliphatic carbocycles. The predicted molar refractivity (Wildman–Crippen MR) is 414 cm³/mol. The molecular formula is C90H54N6O2S2. The number of fused-ring (bicyclic) bond motifs is 12. The summed E-state index contributed by atoms with van der Waals surface area (Å²) in [6, 6.07) is 113. The van der Waals surface area contributed by atoms with Crippen LogP contribution in [0.5, 0.6) is 0 Å². The van der Waals surface area contributed by atoms with Crippen molar-refractivity contribution < 1.29 is 8.83 Å². The molecule has 0 fully saturated rings. The molecule has 0 N–H and O–H groups in total. The zero-order valence-corrected chi connectivity index (χ0v) is 55.1. The molecule has 0 aliphatic rings. The molecule has 0 bridgehead atoms. The molecule has 6 aromatic heterocycles. The lowest BCUT2D eigenvalue weighted by Crippen LogP contribution is -2.00. The minimum atomic E-state index is 0.573. The van der Waals surface area contributed by atoms with E-state index in [0.29, 0.717) is 34.9 Å². The number of thiophene rings is 2. The van der Waals surface area contributed by atoms with E-state index in [1.165, 1.54) is 46.8 Å². The Balaban J connectivity index is 0.000000139. The zero-order chi connectivity index (χ0) is 66.0. The van der Waals surface area contributed by atoms with E-state index < -0.39 is 0 Å². The second-order valence-corrected chi connectivity index (χ2v) is 26.7. The van der Waals surface area contributed by atoms with Crippen molar-refractivity contribution in [2.75, 3.05) is 0 Å². The molecule has 0 unspecified atom stereocenters. The van der Waals surface area contributed by atoms with Gasteiger partial charge in [-0.05, 0) is 28.8 Å². The van der Waals surface area contributed by atoms with Gasteiger partial charge in [0.2, 0.25) is 0 Å². The molecule has 0 atom stereocenters. The van der Waals surface area contributed by atoms with E-state index in [-0.39, 0.29) is 0 Å². The van der Waals surface area contributed by atoms with Gasteiger partial charge in [-0.3, -0.25) is 0 Å². The number of furan rings is 2. The van der Waals surface area contributed by atoms with Gasteiger partial charge in [-0.1, -0.05) is 315 Å². The third-order valence-electron chi connectivity index (χ3n) is 18.7. The minimum absolute atomic E-state index is 0.573. The molecule has 0 radical (unpaired) electrons. The molecular weight excluding hydrogens is 1260 g/mol. The molecule has 0 saturated heterocycles. The van der Waals surface area contributed by atoms with Crippen molar-refractivity contribution in [1.82, 2.24) is 29.9 Å². The van der Waals surface area contributed by atoms with E-state index in [1.807, 2.05) is 145 Å². The highest BCUT2D eigenvalue weighted by Gasteiger charge is 2.24. The molecule has 6 heterocycles. The molecule has 0 amide bonds. The Morgan fingerprint density at radius 1 is 0.160 bits per heavy atom. The Labute approximate surface area is 582 Å². The van der Waals surface area contributed by atoms with Gasteiger partial charge in [0.25, 0.3) is 0 Å². The topological polar surface area (TPSA) is 104 Å². The van der Waals surface area contributed by atoms with Crippen LogP contribution in [-0.2, 0) is 0 Å². The van der Waals surface area contributed by atoms with Crippen molar-refractivity contribution in [2.45, 2.75) is 0 Å². The van der Waals surface area contributed by atoms with Crippen LogP contribution in [0.2, 0.25) is 0 Å². The summed E-state index contributed by atoms with van der Waals surface area (Å²) in [5.74, 6) is 3.77. The second-order valence-electron chi connectivity index (χ2n) is 24.7. The maximum absolute atomic E-state index is 6.93. The Kier molecular flexibility index (Phi) is 14.4. The predicted octanol–water partition coefficient (Wildman–Crippen LogP) is 24.9. The lowest BCUT2D eigenvalue weighted by atomic mass is 9.99. The number of para-hydroxylation sites is 4. The normalized spacial score (nSPS) is 11.6. The molecule has 100 heavy (non-hydrogen) atoms. The first-order valence-electron chi connectivity index (χ1n) is 33.2. The van der Waals surface area contributed by atoms with E-state index in [2.05, 4.69) is 194 Å². The van der Waals surface area contributed by atoms with Gasteiger partial charge in [-0.15, -0.1) is 22.7 Å². The average molecular weight is 1320 g/mol. The number of hydrogen-bond donors (Lipinski definition) is 0. The fourth-order valence-corrected chi connectivity index (χ4v) is 16.7. The lowest BCUT2D eigenvalue weighted by Gasteiger charge is -2.09. The largest absolute Gasteiger partial charge is 0.455 e. The monoisotopic (exact) mass is 1310 g/mol. The maximum Gasteiger partial charge on any atom is 0.167 e. The highest BCUT2D eigenvalue weighted by atomic mass is 32.1. The molecule has 0 saturated carbocycles. The highest BCUT2D eigenvalue weighted by Crippen LogP contribution is 2.49. The average Bonchev–Trinajstić information content (AvgIpc) is 1.58. The van der Waals surface area contributed by atoms with E-state index in [4.69, 9.17) is 38.7 Å². The maximum atomic E-state index is 6.93. The Hall–Kier alpha value is -12.9. The minimum Gasteiger partial charge on any atom is -0.455 e. The van der Waals surface area contributed by atoms with Crippen LogP contribution in [0, 0.1) is 0 Å². The van der Waals surface area contributed by atoms with E-state index >= 15 is 0 Å². The number of hydrogen-bond acceptors (Lipinski definition) is 10. The summed E-state index contributed by atoms with van der Waals surface area (Å²) < 4.78 is 18.6. The fraction of sp³-hybridized carbons (Fsp3) is 0. The Bertz CT molecular complexity index is 6000. The first-order chi connectivity index (χ1) is 49.6. The molecule has 0 aliphatic heterocycles. The van der Waals surface area contributed by atoms with Crippen molar-refractivity contribution in [3.63, 3.8) is 0 Å². The first-order valence-corrected chi connectivity index (χ1v) is 34.9. The molecule has 0 spiro atoms. The van der Waals surface area contributed by atoms with Crippen molar-refractivity contribution in [3.05, 3.63) is 328 Å². The third-order valence-corrected chi connectivity index (χ3v) is 21.3. The molecule has 468 valence electrons.